The SMILES string of the molecule is CN1CCC(Oc2ccc(-c3ccc(CC(=O)C45CC6CC(CC(C6)C4)C5)cc3)cc2)CC1. The zero-order chi connectivity index (χ0) is 22.4. The van der Waals surface area contributed by atoms with Gasteiger partial charge in [0.15, 0.2) is 0 Å². The number of hydrogen-bond acceptors (Lipinski definition) is 3. The minimum Gasteiger partial charge on any atom is -0.490 e. The van der Waals surface area contributed by atoms with Crippen LogP contribution in [0.1, 0.15) is 56.9 Å². The van der Waals surface area contributed by atoms with Crippen LogP contribution in [-0.2, 0) is 11.2 Å². The van der Waals surface area contributed by atoms with Crippen LogP contribution in [0.25, 0.3) is 11.1 Å². The quantitative estimate of drug-likeness (QED) is 0.536. The van der Waals surface area contributed by atoms with Crippen LogP contribution >= 0.6 is 0 Å². The molecule has 174 valence electrons. The van der Waals surface area contributed by atoms with Gasteiger partial charge < -0.3 is 9.64 Å². The predicted molar refractivity (Wildman–Crippen MR) is 132 cm³/mol. The molecular weight excluding hydrogens is 406 g/mol. The third-order valence-electron chi connectivity index (χ3n) is 9.10. The Balaban J connectivity index is 1.08. The number of nitrogens with zero attached hydrogens (tertiary/aromatic N) is 1. The van der Waals surface area contributed by atoms with Crippen LogP contribution in [0.2, 0.25) is 0 Å². The van der Waals surface area contributed by atoms with E-state index in [2.05, 4.69) is 60.5 Å². The second-order valence-corrected chi connectivity index (χ2v) is 11.6. The molecule has 5 aliphatic rings. The molecule has 0 radical (unpaired) electrons. The van der Waals surface area contributed by atoms with Crippen LogP contribution in [0.15, 0.2) is 48.5 Å². The highest BCUT2D eigenvalue weighted by atomic mass is 16.5. The predicted octanol–water partition coefficient (Wildman–Crippen LogP) is 6.15. The Bertz CT molecular complexity index is 950. The van der Waals surface area contributed by atoms with Gasteiger partial charge in [-0.2, -0.15) is 0 Å². The summed E-state index contributed by atoms with van der Waals surface area (Å²) in [5.41, 5.74) is 3.58. The molecule has 7 rings (SSSR count). The molecule has 0 aromatic heterocycles. The molecule has 4 bridgehead atoms. The summed E-state index contributed by atoms with van der Waals surface area (Å²) in [6.45, 7) is 2.22. The second kappa shape index (κ2) is 8.58. The molecule has 1 saturated heterocycles. The summed E-state index contributed by atoms with van der Waals surface area (Å²) in [7, 11) is 2.18. The van der Waals surface area contributed by atoms with Gasteiger partial charge in [0.1, 0.15) is 17.6 Å². The van der Waals surface area contributed by atoms with Crippen molar-refractivity contribution in [2.45, 2.75) is 63.9 Å². The van der Waals surface area contributed by atoms with Gasteiger partial charge in [-0.1, -0.05) is 36.4 Å². The van der Waals surface area contributed by atoms with Crippen molar-refractivity contribution >= 4 is 5.78 Å². The summed E-state index contributed by atoms with van der Waals surface area (Å²) < 4.78 is 6.19. The van der Waals surface area contributed by atoms with Gasteiger partial charge >= 0.3 is 0 Å². The minimum atomic E-state index is 0.0109. The number of carbonyl (C=O) groups is 1. The first-order valence-corrected chi connectivity index (χ1v) is 13.1. The van der Waals surface area contributed by atoms with Crippen molar-refractivity contribution in [3.05, 3.63) is 54.1 Å². The Morgan fingerprint density at radius 3 is 1.91 bits per heavy atom. The van der Waals surface area contributed by atoms with Crippen molar-refractivity contribution in [1.82, 2.24) is 4.90 Å². The van der Waals surface area contributed by atoms with Crippen molar-refractivity contribution in [1.29, 1.82) is 0 Å². The first-order chi connectivity index (χ1) is 16.0. The van der Waals surface area contributed by atoms with Gasteiger partial charge in [0, 0.05) is 24.9 Å². The average Bonchev–Trinajstić information content (AvgIpc) is 2.81. The fourth-order valence-corrected chi connectivity index (χ4v) is 7.66. The third-order valence-corrected chi connectivity index (χ3v) is 9.10. The van der Waals surface area contributed by atoms with Crippen LogP contribution < -0.4 is 4.74 Å². The lowest BCUT2D eigenvalue weighted by Gasteiger charge is -2.56. The van der Waals surface area contributed by atoms with E-state index in [1.165, 1.54) is 55.2 Å². The summed E-state index contributed by atoms with van der Waals surface area (Å²) in [4.78, 5) is 15.8. The molecule has 2 aromatic carbocycles. The van der Waals surface area contributed by atoms with Crippen LogP contribution in [-0.4, -0.2) is 36.9 Å². The van der Waals surface area contributed by atoms with Crippen LogP contribution in [0.5, 0.6) is 5.75 Å². The Kier molecular flexibility index (Phi) is 5.57. The summed E-state index contributed by atoms with van der Waals surface area (Å²) in [5, 5.41) is 0. The lowest BCUT2D eigenvalue weighted by Crippen LogP contribution is -2.50. The maximum atomic E-state index is 13.4. The molecule has 0 unspecified atom stereocenters. The van der Waals surface area contributed by atoms with Crippen molar-refractivity contribution in [3.8, 4) is 16.9 Å². The van der Waals surface area contributed by atoms with Crippen molar-refractivity contribution in [3.63, 3.8) is 0 Å². The Hall–Kier alpha value is -2.13. The number of piperidine rings is 1. The van der Waals surface area contributed by atoms with Crippen molar-refractivity contribution < 1.29 is 9.53 Å². The summed E-state index contributed by atoms with van der Waals surface area (Å²) >= 11 is 0. The van der Waals surface area contributed by atoms with E-state index in [-0.39, 0.29) is 5.41 Å². The number of hydrogen-bond donors (Lipinski definition) is 0. The first-order valence-electron chi connectivity index (χ1n) is 13.1. The molecule has 1 aliphatic heterocycles. The molecule has 4 saturated carbocycles. The lowest BCUT2D eigenvalue weighted by atomic mass is 9.48. The molecule has 33 heavy (non-hydrogen) atoms. The number of benzene rings is 2. The number of likely N-dealkylation sites (tertiary alicyclic amines) is 1. The Morgan fingerprint density at radius 1 is 0.848 bits per heavy atom. The van der Waals surface area contributed by atoms with E-state index in [0.717, 1.165) is 49.4 Å². The van der Waals surface area contributed by atoms with Crippen molar-refractivity contribution in [2.75, 3.05) is 20.1 Å². The first kappa shape index (κ1) is 21.4. The molecule has 0 N–H and O–H groups in total. The highest BCUT2D eigenvalue weighted by Crippen LogP contribution is 2.60. The van der Waals surface area contributed by atoms with Crippen LogP contribution in [0.4, 0.5) is 0 Å². The molecule has 0 atom stereocenters. The highest BCUT2D eigenvalue weighted by Gasteiger charge is 2.53. The van der Waals surface area contributed by atoms with Gasteiger partial charge in [0.2, 0.25) is 0 Å². The monoisotopic (exact) mass is 443 g/mol. The van der Waals surface area contributed by atoms with E-state index in [1.54, 1.807) is 0 Å². The second-order valence-electron chi connectivity index (χ2n) is 11.6. The zero-order valence-corrected chi connectivity index (χ0v) is 20.0. The van der Waals surface area contributed by atoms with E-state index < -0.39 is 0 Å². The Labute approximate surface area is 198 Å². The molecule has 2 aromatic rings. The molecular formula is C30H37NO2. The summed E-state index contributed by atoms with van der Waals surface area (Å²) in [6.07, 6.45) is 10.8. The van der Waals surface area contributed by atoms with Gasteiger partial charge in [-0.25, -0.2) is 0 Å². The number of ether oxygens (including phenoxy) is 1. The molecule has 1 heterocycles. The molecule has 3 heteroatoms. The maximum Gasteiger partial charge on any atom is 0.143 e. The smallest absolute Gasteiger partial charge is 0.143 e. The van der Waals surface area contributed by atoms with E-state index >= 15 is 0 Å². The van der Waals surface area contributed by atoms with Gasteiger partial charge in [-0.3, -0.25) is 4.79 Å². The van der Waals surface area contributed by atoms with Crippen LogP contribution in [0, 0.1) is 23.2 Å². The van der Waals surface area contributed by atoms with Gasteiger partial charge in [0.05, 0.1) is 0 Å². The molecule has 5 fully saturated rings. The van der Waals surface area contributed by atoms with Gasteiger partial charge in [0.25, 0.3) is 0 Å². The number of Topliss-reactive ketones (excluding diaryl/α,β-unsaturated/α-hetero) is 1. The van der Waals surface area contributed by atoms with E-state index in [0.29, 0.717) is 18.3 Å². The van der Waals surface area contributed by atoms with Crippen molar-refractivity contribution in [2.24, 2.45) is 23.2 Å². The number of rotatable bonds is 6. The summed E-state index contributed by atoms with van der Waals surface area (Å²) in [5.74, 6) is 3.97. The normalized spacial score (nSPS) is 31.6. The highest BCUT2D eigenvalue weighted by molar-refractivity contribution is 5.87. The van der Waals surface area contributed by atoms with Gasteiger partial charge in [-0.15, -0.1) is 0 Å². The van der Waals surface area contributed by atoms with E-state index in [1.807, 2.05) is 0 Å². The van der Waals surface area contributed by atoms with Crippen LogP contribution in [0.3, 0.4) is 0 Å². The minimum absolute atomic E-state index is 0.0109. The molecule has 0 spiro atoms. The Morgan fingerprint density at radius 2 is 1.36 bits per heavy atom. The lowest BCUT2D eigenvalue weighted by molar-refractivity contribution is -0.143. The average molecular weight is 444 g/mol. The molecule has 4 aliphatic carbocycles. The standard InChI is InChI=1S/C30H37NO2/c1-31-12-10-28(11-13-31)33-27-8-6-26(7-9-27)25-4-2-21(3-5-25)17-29(32)30-18-22-14-23(19-30)16-24(15-22)20-30/h2-9,22-24,28H,10-20H2,1H3. The van der Waals surface area contributed by atoms with E-state index in [4.69, 9.17) is 4.74 Å². The largest absolute Gasteiger partial charge is 0.490 e. The number of carbonyl (C=O) groups excluding carboxylic acids is 1. The number of ketones is 1. The van der Waals surface area contributed by atoms with Gasteiger partial charge in [-0.05, 0) is 105 Å². The summed E-state index contributed by atoms with van der Waals surface area (Å²) in [6, 6.07) is 17.2. The fraction of sp³-hybridized carbons (Fsp3) is 0.567. The van der Waals surface area contributed by atoms with E-state index in [9.17, 15) is 4.79 Å². The zero-order valence-electron chi connectivity index (χ0n) is 20.0. The topological polar surface area (TPSA) is 29.5 Å². The maximum absolute atomic E-state index is 13.4. The molecule has 0 amide bonds. The third kappa shape index (κ3) is 4.37. The fourth-order valence-electron chi connectivity index (χ4n) is 7.66. The molecule has 3 nitrogen and oxygen atoms in total.